The van der Waals surface area contributed by atoms with Crippen LogP contribution in [0.4, 0.5) is 10.1 Å². The predicted molar refractivity (Wildman–Crippen MR) is 96.5 cm³/mol. The van der Waals surface area contributed by atoms with E-state index in [0.29, 0.717) is 16.1 Å². The van der Waals surface area contributed by atoms with E-state index in [-0.39, 0.29) is 29.0 Å². The topological polar surface area (TPSA) is 58.2 Å². The maximum Gasteiger partial charge on any atom is 0.241 e. The van der Waals surface area contributed by atoms with Gasteiger partial charge in [0, 0.05) is 21.7 Å². The molecule has 1 amide bonds. The molecule has 2 aromatic rings. The molecule has 130 valence electrons. The number of hydrogen-bond donors (Lipinski definition) is 2. The first-order chi connectivity index (χ1) is 12.0. The molecule has 6 heteroatoms. The average Bonchev–Trinajstić information content (AvgIpc) is 3.12. The number of ketones is 1. The number of hydrogen-bond acceptors (Lipinski definition) is 3. The van der Waals surface area contributed by atoms with Crippen LogP contribution in [0.25, 0.3) is 11.1 Å². The van der Waals surface area contributed by atoms with Crippen molar-refractivity contribution in [1.82, 2.24) is 5.32 Å². The molecule has 1 atom stereocenters. The molecule has 1 fully saturated rings. The number of carbonyl (C=O) groups is 2. The Morgan fingerprint density at radius 3 is 2.72 bits per heavy atom. The number of anilines is 1. The number of carbonyl (C=O) groups excluding carboxylic acids is 2. The Morgan fingerprint density at radius 2 is 2.04 bits per heavy atom. The number of rotatable bonds is 4. The standard InChI is InChI=1S/C19H18ClFN2O2/c1-11(24)12-7-8-15(20)14(10-12)13-4-2-5-16(18(13)21)23-19(25)17-6-3-9-22-17/h2,4-5,7-8,10,17,22H,3,6,9H2,1H3,(H,23,25). The fourth-order valence-corrected chi connectivity index (χ4v) is 3.13. The van der Waals surface area contributed by atoms with Crippen LogP contribution >= 0.6 is 11.6 Å². The van der Waals surface area contributed by atoms with E-state index in [1.54, 1.807) is 30.3 Å². The fraction of sp³-hybridized carbons (Fsp3) is 0.263. The summed E-state index contributed by atoms with van der Waals surface area (Å²) >= 11 is 6.19. The first kappa shape index (κ1) is 17.6. The highest BCUT2D eigenvalue weighted by Gasteiger charge is 2.23. The quantitative estimate of drug-likeness (QED) is 0.809. The van der Waals surface area contributed by atoms with Gasteiger partial charge in [-0.15, -0.1) is 0 Å². The highest BCUT2D eigenvalue weighted by molar-refractivity contribution is 6.33. The molecule has 0 saturated carbocycles. The minimum absolute atomic E-state index is 0.0977. The molecule has 0 aromatic heterocycles. The third kappa shape index (κ3) is 3.72. The first-order valence-corrected chi connectivity index (χ1v) is 8.49. The van der Waals surface area contributed by atoms with E-state index in [1.165, 1.54) is 13.0 Å². The van der Waals surface area contributed by atoms with E-state index in [1.807, 2.05) is 0 Å². The lowest BCUT2D eigenvalue weighted by Gasteiger charge is -2.14. The van der Waals surface area contributed by atoms with E-state index < -0.39 is 5.82 Å². The van der Waals surface area contributed by atoms with Gasteiger partial charge in [0.05, 0.1) is 11.7 Å². The Hall–Kier alpha value is -2.24. The molecular weight excluding hydrogens is 343 g/mol. The molecule has 1 saturated heterocycles. The van der Waals surface area contributed by atoms with Gasteiger partial charge in [-0.05, 0) is 50.6 Å². The molecule has 25 heavy (non-hydrogen) atoms. The molecule has 2 aromatic carbocycles. The van der Waals surface area contributed by atoms with Gasteiger partial charge in [0.2, 0.25) is 5.91 Å². The molecule has 2 N–H and O–H groups in total. The highest BCUT2D eigenvalue weighted by Crippen LogP contribution is 2.33. The number of Topliss-reactive ketones (excluding diaryl/α,β-unsaturated/α-hetero) is 1. The molecule has 0 spiro atoms. The van der Waals surface area contributed by atoms with Gasteiger partial charge in [-0.25, -0.2) is 4.39 Å². The molecule has 1 aliphatic heterocycles. The van der Waals surface area contributed by atoms with E-state index in [9.17, 15) is 14.0 Å². The lowest BCUT2D eigenvalue weighted by Crippen LogP contribution is -2.35. The van der Waals surface area contributed by atoms with Gasteiger partial charge in [-0.1, -0.05) is 23.7 Å². The van der Waals surface area contributed by atoms with Crippen molar-refractivity contribution in [3.63, 3.8) is 0 Å². The summed E-state index contributed by atoms with van der Waals surface area (Å²) in [6, 6.07) is 9.16. The van der Waals surface area contributed by atoms with Crippen LogP contribution in [0.3, 0.4) is 0 Å². The summed E-state index contributed by atoms with van der Waals surface area (Å²) in [5.41, 5.74) is 1.20. The SMILES string of the molecule is CC(=O)c1ccc(Cl)c(-c2cccc(NC(=O)C3CCCN3)c2F)c1. The number of amides is 1. The van der Waals surface area contributed by atoms with Crippen LogP contribution in [0, 0.1) is 5.82 Å². The summed E-state index contributed by atoms with van der Waals surface area (Å²) in [6.07, 6.45) is 1.66. The van der Waals surface area contributed by atoms with Gasteiger partial charge in [0.15, 0.2) is 11.6 Å². The Kier molecular flexibility index (Phi) is 5.16. The lowest BCUT2D eigenvalue weighted by molar-refractivity contribution is -0.117. The van der Waals surface area contributed by atoms with Crippen LogP contribution in [0.1, 0.15) is 30.1 Å². The van der Waals surface area contributed by atoms with Crippen LogP contribution in [0.5, 0.6) is 0 Å². The Morgan fingerprint density at radius 1 is 1.24 bits per heavy atom. The van der Waals surface area contributed by atoms with Crippen molar-refractivity contribution in [3.05, 3.63) is 52.8 Å². The van der Waals surface area contributed by atoms with Gasteiger partial charge in [-0.3, -0.25) is 9.59 Å². The van der Waals surface area contributed by atoms with Crippen molar-refractivity contribution in [3.8, 4) is 11.1 Å². The van der Waals surface area contributed by atoms with Crippen molar-refractivity contribution in [1.29, 1.82) is 0 Å². The normalized spacial score (nSPS) is 16.7. The number of halogens is 2. The second-order valence-corrected chi connectivity index (χ2v) is 6.46. The van der Waals surface area contributed by atoms with Crippen molar-refractivity contribution >= 4 is 29.0 Å². The zero-order chi connectivity index (χ0) is 18.0. The molecule has 4 nitrogen and oxygen atoms in total. The molecule has 0 bridgehead atoms. The van der Waals surface area contributed by atoms with Crippen LogP contribution in [-0.4, -0.2) is 24.3 Å². The Bertz CT molecular complexity index is 832. The summed E-state index contributed by atoms with van der Waals surface area (Å²) in [4.78, 5) is 23.8. The fourth-order valence-electron chi connectivity index (χ4n) is 2.92. The van der Waals surface area contributed by atoms with Crippen LogP contribution < -0.4 is 10.6 Å². The molecule has 0 aliphatic carbocycles. The predicted octanol–water partition coefficient (Wildman–Crippen LogP) is 4.04. The third-order valence-electron chi connectivity index (χ3n) is 4.30. The van der Waals surface area contributed by atoms with E-state index in [0.717, 1.165) is 19.4 Å². The van der Waals surface area contributed by atoms with Gasteiger partial charge >= 0.3 is 0 Å². The average molecular weight is 361 g/mol. The first-order valence-electron chi connectivity index (χ1n) is 8.11. The van der Waals surface area contributed by atoms with Crippen LogP contribution in [-0.2, 0) is 4.79 Å². The molecule has 1 unspecified atom stereocenters. The highest BCUT2D eigenvalue weighted by atomic mass is 35.5. The molecule has 3 rings (SSSR count). The van der Waals surface area contributed by atoms with Gasteiger partial charge < -0.3 is 10.6 Å². The maximum absolute atomic E-state index is 14.9. The van der Waals surface area contributed by atoms with Crippen molar-refractivity contribution in [2.45, 2.75) is 25.8 Å². The summed E-state index contributed by atoms with van der Waals surface area (Å²) in [5.74, 6) is -0.955. The van der Waals surface area contributed by atoms with E-state index >= 15 is 0 Å². The molecule has 0 radical (unpaired) electrons. The van der Waals surface area contributed by atoms with E-state index in [4.69, 9.17) is 11.6 Å². The zero-order valence-electron chi connectivity index (χ0n) is 13.7. The van der Waals surface area contributed by atoms with Crippen LogP contribution in [0.2, 0.25) is 5.02 Å². The van der Waals surface area contributed by atoms with Crippen molar-refractivity contribution in [2.75, 3.05) is 11.9 Å². The Balaban J connectivity index is 1.95. The zero-order valence-corrected chi connectivity index (χ0v) is 14.5. The summed E-state index contributed by atoms with van der Waals surface area (Å²) in [7, 11) is 0. The smallest absolute Gasteiger partial charge is 0.241 e. The monoisotopic (exact) mass is 360 g/mol. The molecule has 1 aliphatic rings. The number of benzene rings is 2. The lowest BCUT2D eigenvalue weighted by atomic mass is 10.0. The maximum atomic E-state index is 14.9. The van der Waals surface area contributed by atoms with Crippen molar-refractivity contribution < 1.29 is 14.0 Å². The second-order valence-electron chi connectivity index (χ2n) is 6.06. The van der Waals surface area contributed by atoms with E-state index in [2.05, 4.69) is 10.6 Å². The summed E-state index contributed by atoms with van der Waals surface area (Å²) < 4.78 is 14.9. The largest absolute Gasteiger partial charge is 0.322 e. The molecule has 1 heterocycles. The van der Waals surface area contributed by atoms with Gasteiger partial charge in [0.25, 0.3) is 0 Å². The second kappa shape index (κ2) is 7.33. The number of nitrogens with one attached hydrogen (secondary N) is 2. The summed E-state index contributed by atoms with van der Waals surface area (Å²) in [6.45, 7) is 2.22. The minimum atomic E-state index is -0.573. The van der Waals surface area contributed by atoms with Crippen LogP contribution in [0.15, 0.2) is 36.4 Å². The Labute approximate surface area is 150 Å². The van der Waals surface area contributed by atoms with Crippen molar-refractivity contribution in [2.24, 2.45) is 0 Å². The molecular formula is C19H18ClFN2O2. The summed E-state index contributed by atoms with van der Waals surface area (Å²) in [5, 5.41) is 6.05. The van der Waals surface area contributed by atoms with Gasteiger partial charge in [0.1, 0.15) is 0 Å². The third-order valence-corrected chi connectivity index (χ3v) is 4.63. The van der Waals surface area contributed by atoms with Gasteiger partial charge in [-0.2, -0.15) is 0 Å². The minimum Gasteiger partial charge on any atom is -0.322 e.